The first-order valence-corrected chi connectivity index (χ1v) is 18.9. The Morgan fingerprint density at radius 3 is 2.07 bits per heavy atom. The maximum Gasteiger partial charge on any atom is 0.0340 e. The van der Waals surface area contributed by atoms with Crippen LogP contribution in [0.15, 0.2) is 48.1 Å². The number of rotatable bonds is 7. The number of hydrogen-bond acceptors (Lipinski definition) is 2. The molecule has 0 heterocycles. The van der Waals surface area contributed by atoms with Gasteiger partial charge in [-0.15, -0.1) is 0 Å². The highest BCUT2D eigenvalue weighted by Gasteiger charge is 2.60. The summed E-state index contributed by atoms with van der Waals surface area (Å²) in [6, 6.07) is 5.94. The van der Waals surface area contributed by atoms with Gasteiger partial charge in [0.05, 0.1) is 0 Å². The van der Waals surface area contributed by atoms with Crippen LogP contribution in [0.3, 0.4) is 0 Å². The van der Waals surface area contributed by atoms with E-state index in [0.717, 1.165) is 64.8 Å². The van der Waals surface area contributed by atoms with Crippen molar-refractivity contribution < 1.29 is 0 Å². The molecule has 4 fully saturated rings. The molecule has 4 N–H and O–H groups in total. The third-order valence-electron chi connectivity index (χ3n) is 13.2. The lowest BCUT2D eigenvalue weighted by Gasteiger charge is -2.61. The number of fused-ring (bicyclic) bond motifs is 5. The predicted molar refractivity (Wildman–Crippen MR) is 202 cm³/mol. The van der Waals surface area contributed by atoms with Gasteiger partial charge in [0.15, 0.2) is 0 Å². The van der Waals surface area contributed by atoms with Crippen LogP contribution in [0.4, 0.5) is 11.4 Å². The molecule has 0 radical (unpaired) electrons. The molecule has 1 aromatic carbocycles. The number of nitrogens with two attached hydrogens (primary N) is 2. The van der Waals surface area contributed by atoms with Crippen molar-refractivity contribution in [3.63, 3.8) is 0 Å². The minimum atomic E-state index is 0.552. The summed E-state index contributed by atoms with van der Waals surface area (Å²) >= 11 is 0. The zero-order valence-corrected chi connectivity index (χ0v) is 31.3. The van der Waals surface area contributed by atoms with Crippen LogP contribution in [-0.2, 0) is 0 Å². The lowest BCUT2D eigenvalue weighted by molar-refractivity contribution is -0.120. The molecule has 1 aromatic rings. The van der Waals surface area contributed by atoms with Crippen LogP contribution < -0.4 is 11.5 Å². The average molecular weight is 617 g/mol. The molecule has 0 saturated heterocycles. The molecule has 4 saturated carbocycles. The van der Waals surface area contributed by atoms with Crippen molar-refractivity contribution in [3.05, 3.63) is 53.6 Å². The van der Waals surface area contributed by atoms with Crippen molar-refractivity contribution in [1.82, 2.24) is 0 Å². The van der Waals surface area contributed by atoms with Gasteiger partial charge in [-0.2, -0.15) is 0 Å². The van der Waals surface area contributed by atoms with Gasteiger partial charge in [0.2, 0.25) is 0 Å². The maximum atomic E-state index is 6.08. The van der Waals surface area contributed by atoms with Crippen molar-refractivity contribution in [2.24, 2.45) is 52.3 Å². The lowest BCUT2D eigenvalue weighted by atomic mass is 9.44. The van der Waals surface area contributed by atoms with E-state index in [1.165, 1.54) is 87.3 Å². The molecule has 0 amide bonds. The first-order chi connectivity index (χ1) is 21.3. The van der Waals surface area contributed by atoms with Gasteiger partial charge >= 0.3 is 0 Å². The molecular weight excluding hydrogens is 544 g/mol. The number of allylic oxidation sites excluding steroid dienone is 5. The molecule has 4 aliphatic carbocycles. The zero-order valence-electron chi connectivity index (χ0n) is 31.3. The second-order valence-corrected chi connectivity index (χ2v) is 16.4. The summed E-state index contributed by atoms with van der Waals surface area (Å²) in [4.78, 5) is 0. The minimum absolute atomic E-state index is 0.552. The maximum absolute atomic E-state index is 6.08. The molecule has 0 spiro atoms. The van der Waals surface area contributed by atoms with Gasteiger partial charge in [-0.1, -0.05) is 64.5 Å². The third-order valence-corrected chi connectivity index (χ3v) is 13.2. The standard InChI is InChI=1S/C36H56N2.C5H10.C2H6/c1-23(2)8-7-9-24(3)32-12-13-33-31-11-10-28-19-26(18-25(4)27-20-29(37)22-30(38)21-27)14-16-35(28,5)34(31)15-17-36(32,33)6;1-4-5(2)3;1-2/h8,20-22,24,26,28,31-34H,4,7,9-19,37-38H2,1-3,5-6H3;4H,1-3H3;1-2H3. The van der Waals surface area contributed by atoms with Gasteiger partial charge in [0.25, 0.3) is 0 Å². The van der Waals surface area contributed by atoms with Gasteiger partial charge in [0, 0.05) is 11.4 Å². The van der Waals surface area contributed by atoms with Crippen LogP contribution in [0.2, 0.25) is 0 Å². The number of nitrogen functional groups attached to an aromatic ring is 2. The summed E-state index contributed by atoms with van der Waals surface area (Å²) in [7, 11) is 0. The molecule has 9 atom stereocenters. The Hall–Kier alpha value is -1.96. The normalized spacial score (nSPS) is 33.8. The molecule has 2 heteroatoms. The van der Waals surface area contributed by atoms with E-state index < -0.39 is 0 Å². The fourth-order valence-corrected chi connectivity index (χ4v) is 10.7. The Kier molecular flexibility index (Phi) is 13.5. The molecule has 0 aliphatic heterocycles. The molecule has 4 aliphatic rings. The summed E-state index contributed by atoms with van der Waals surface area (Å²) < 4.78 is 0. The minimum Gasteiger partial charge on any atom is -0.399 e. The molecule has 45 heavy (non-hydrogen) atoms. The third kappa shape index (κ3) is 8.70. The van der Waals surface area contributed by atoms with Gasteiger partial charge in [-0.25, -0.2) is 0 Å². The van der Waals surface area contributed by atoms with E-state index in [0.29, 0.717) is 10.8 Å². The van der Waals surface area contributed by atoms with E-state index in [1.54, 1.807) is 0 Å². The Morgan fingerprint density at radius 1 is 0.867 bits per heavy atom. The van der Waals surface area contributed by atoms with Gasteiger partial charge in [-0.05, 0) is 193 Å². The van der Waals surface area contributed by atoms with Gasteiger partial charge in [-0.3, -0.25) is 0 Å². The Labute approximate surface area is 280 Å². The summed E-state index contributed by atoms with van der Waals surface area (Å²) in [6.07, 6.45) is 21.4. The van der Waals surface area contributed by atoms with E-state index in [-0.39, 0.29) is 0 Å². The van der Waals surface area contributed by atoms with Crippen molar-refractivity contribution in [2.75, 3.05) is 11.5 Å². The van der Waals surface area contributed by atoms with Gasteiger partial charge < -0.3 is 11.5 Å². The quantitative estimate of drug-likeness (QED) is 0.236. The monoisotopic (exact) mass is 617 g/mol. The zero-order chi connectivity index (χ0) is 33.5. The van der Waals surface area contributed by atoms with Crippen LogP contribution >= 0.6 is 0 Å². The second kappa shape index (κ2) is 16.2. The van der Waals surface area contributed by atoms with Crippen molar-refractivity contribution in [2.45, 2.75) is 146 Å². The molecule has 254 valence electrons. The highest BCUT2D eigenvalue weighted by Crippen LogP contribution is 2.69. The van der Waals surface area contributed by atoms with E-state index in [9.17, 15) is 0 Å². The fourth-order valence-electron chi connectivity index (χ4n) is 10.7. The summed E-state index contributed by atoms with van der Waals surface area (Å²) in [5.74, 6) is 6.36. The number of benzene rings is 1. The molecule has 0 aromatic heterocycles. The first kappa shape index (κ1) is 37.5. The van der Waals surface area contributed by atoms with E-state index >= 15 is 0 Å². The Bertz CT molecular complexity index is 1150. The SMILES string of the molecule is C=C(CC1CCC2(C)C(CCC3C2CCC2(C)C(C(C)CCC=C(C)C)CCC32)C1)c1cc(N)cc(N)c1.CC.CC=C(C)C. The van der Waals surface area contributed by atoms with E-state index in [4.69, 9.17) is 11.5 Å². The van der Waals surface area contributed by atoms with Gasteiger partial charge in [0.1, 0.15) is 0 Å². The summed E-state index contributed by atoms with van der Waals surface area (Å²) in [6.45, 7) is 27.2. The summed E-state index contributed by atoms with van der Waals surface area (Å²) in [5, 5.41) is 0. The first-order valence-electron chi connectivity index (χ1n) is 18.9. The van der Waals surface area contributed by atoms with E-state index in [2.05, 4.69) is 67.2 Å². The van der Waals surface area contributed by atoms with Crippen LogP contribution in [0, 0.1) is 52.3 Å². The highest BCUT2D eigenvalue weighted by molar-refractivity contribution is 5.70. The average Bonchev–Trinajstić information content (AvgIpc) is 3.35. The Morgan fingerprint density at radius 2 is 1.47 bits per heavy atom. The highest BCUT2D eigenvalue weighted by atomic mass is 14.7. The lowest BCUT2D eigenvalue weighted by Crippen LogP contribution is -2.53. The molecule has 5 rings (SSSR count). The fraction of sp³-hybridized carbons (Fsp3) is 0.721. The predicted octanol–water partition coefficient (Wildman–Crippen LogP) is 12.9. The van der Waals surface area contributed by atoms with Crippen molar-refractivity contribution in [3.8, 4) is 0 Å². The van der Waals surface area contributed by atoms with Crippen LogP contribution in [0.5, 0.6) is 0 Å². The topological polar surface area (TPSA) is 52.0 Å². The number of hydrogen-bond donors (Lipinski definition) is 2. The largest absolute Gasteiger partial charge is 0.399 e. The molecule has 2 nitrogen and oxygen atoms in total. The smallest absolute Gasteiger partial charge is 0.0340 e. The molecular formula is C43H72N2. The number of anilines is 2. The van der Waals surface area contributed by atoms with Crippen LogP contribution in [0.1, 0.15) is 152 Å². The van der Waals surface area contributed by atoms with Crippen molar-refractivity contribution >= 4 is 16.9 Å². The molecule has 9 unspecified atom stereocenters. The van der Waals surface area contributed by atoms with Crippen LogP contribution in [-0.4, -0.2) is 0 Å². The van der Waals surface area contributed by atoms with E-state index in [1.807, 2.05) is 39.0 Å². The molecule has 0 bridgehead atoms. The Balaban J connectivity index is 0.000000719. The second-order valence-electron chi connectivity index (χ2n) is 16.4. The van der Waals surface area contributed by atoms with Crippen molar-refractivity contribution in [1.29, 1.82) is 0 Å². The summed E-state index contributed by atoms with van der Waals surface area (Å²) in [5.41, 5.74) is 20.0. The van der Waals surface area contributed by atoms with Crippen LogP contribution in [0.25, 0.3) is 5.57 Å².